The van der Waals surface area contributed by atoms with Gasteiger partial charge in [-0.05, 0) is 82.3 Å². The highest BCUT2D eigenvalue weighted by atomic mass is 16.7. The topological polar surface area (TPSA) is 56.8 Å². The Balaban J connectivity index is 1.41. The number of nitrogens with one attached hydrogen (secondary N) is 1. The molecule has 2 aliphatic rings. The Morgan fingerprint density at radius 1 is 1.16 bits per heavy atom. The van der Waals surface area contributed by atoms with Crippen LogP contribution in [0.1, 0.15) is 57.1 Å². The minimum Gasteiger partial charge on any atom is -0.455 e. The fourth-order valence-corrected chi connectivity index (χ4v) is 3.99. The summed E-state index contributed by atoms with van der Waals surface area (Å²) in [7, 11) is 0. The molecule has 0 radical (unpaired) electrons. The van der Waals surface area contributed by atoms with Crippen molar-refractivity contribution in [1.29, 1.82) is 0 Å². The van der Waals surface area contributed by atoms with Gasteiger partial charge in [0, 0.05) is 18.2 Å². The van der Waals surface area contributed by atoms with Gasteiger partial charge >= 0.3 is 5.97 Å². The summed E-state index contributed by atoms with van der Waals surface area (Å²) in [6.07, 6.45) is 4.15. The maximum absolute atomic E-state index is 12.2. The van der Waals surface area contributed by atoms with E-state index in [0.29, 0.717) is 5.75 Å². The molecule has 1 aliphatic heterocycles. The molecule has 5 heteroatoms. The van der Waals surface area contributed by atoms with Gasteiger partial charge in [-0.3, -0.25) is 4.79 Å². The van der Waals surface area contributed by atoms with Gasteiger partial charge in [0.2, 0.25) is 0 Å². The number of ether oxygens (including phenoxy) is 3. The van der Waals surface area contributed by atoms with E-state index in [0.717, 1.165) is 42.8 Å². The highest BCUT2D eigenvalue weighted by molar-refractivity contribution is 5.77. The highest BCUT2D eigenvalue weighted by Crippen LogP contribution is 2.40. The van der Waals surface area contributed by atoms with Crippen LogP contribution in [0.3, 0.4) is 0 Å². The molecule has 1 N–H and O–H groups in total. The van der Waals surface area contributed by atoms with Crippen LogP contribution in [-0.4, -0.2) is 12.5 Å². The zero-order chi connectivity index (χ0) is 22.0. The van der Waals surface area contributed by atoms with Gasteiger partial charge in [0.1, 0.15) is 17.8 Å². The number of hydrogen-bond donors (Lipinski definition) is 1. The molecule has 0 spiro atoms. The first-order valence-electron chi connectivity index (χ1n) is 11.0. The summed E-state index contributed by atoms with van der Waals surface area (Å²) in [5, 5.41) is 3.37. The molecule has 0 aromatic heterocycles. The largest absolute Gasteiger partial charge is 0.455 e. The molecule has 0 saturated heterocycles. The van der Waals surface area contributed by atoms with Crippen LogP contribution in [0.25, 0.3) is 0 Å². The van der Waals surface area contributed by atoms with E-state index in [-0.39, 0.29) is 11.9 Å². The molecule has 4 rings (SSSR count). The van der Waals surface area contributed by atoms with Crippen LogP contribution in [0.4, 0.5) is 5.69 Å². The summed E-state index contributed by atoms with van der Waals surface area (Å²) in [6, 6.07) is 14.1. The predicted molar refractivity (Wildman–Crippen MR) is 121 cm³/mol. The second-order valence-electron chi connectivity index (χ2n) is 9.23. The van der Waals surface area contributed by atoms with E-state index in [9.17, 15) is 4.79 Å². The molecule has 0 bridgehead atoms. The number of esters is 1. The van der Waals surface area contributed by atoms with Crippen LogP contribution in [0.2, 0.25) is 0 Å². The number of allylic oxidation sites excluding steroid dienone is 1. The highest BCUT2D eigenvalue weighted by Gasteiger charge is 2.31. The minimum atomic E-state index is -0.519. The van der Waals surface area contributed by atoms with E-state index >= 15 is 0 Å². The fraction of sp³-hybridized carbons (Fsp3) is 0.423. The van der Waals surface area contributed by atoms with Crippen LogP contribution >= 0.6 is 0 Å². The number of carbonyl (C=O) groups is 1. The van der Waals surface area contributed by atoms with Gasteiger partial charge in [-0.15, -0.1) is 0 Å². The second kappa shape index (κ2) is 8.66. The summed E-state index contributed by atoms with van der Waals surface area (Å²) in [6.45, 7) is 8.50. The third-order valence-corrected chi connectivity index (χ3v) is 5.76. The van der Waals surface area contributed by atoms with Crippen LogP contribution in [0, 0.1) is 11.3 Å². The first kappa shape index (κ1) is 21.3. The zero-order valence-electron chi connectivity index (χ0n) is 18.7. The summed E-state index contributed by atoms with van der Waals surface area (Å²) >= 11 is 0. The van der Waals surface area contributed by atoms with E-state index in [1.807, 2.05) is 57.2 Å². The first-order valence-corrected chi connectivity index (χ1v) is 11.0. The Morgan fingerprint density at radius 2 is 1.97 bits per heavy atom. The van der Waals surface area contributed by atoms with Crippen LogP contribution < -0.4 is 10.1 Å². The Bertz CT molecular complexity index is 989. The maximum Gasteiger partial charge on any atom is 0.316 e. The smallest absolute Gasteiger partial charge is 0.316 e. The molecular weight excluding hydrogens is 390 g/mol. The molecule has 2 atom stereocenters. The summed E-state index contributed by atoms with van der Waals surface area (Å²) in [5.74, 6) is 1.60. The lowest BCUT2D eigenvalue weighted by Gasteiger charge is -2.26. The monoisotopic (exact) mass is 421 g/mol. The van der Waals surface area contributed by atoms with Gasteiger partial charge in [-0.1, -0.05) is 18.2 Å². The van der Waals surface area contributed by atoms with Gasteiger partial charge in [-0.25, -0.2) is 0 Å². The van der Waals surface area contributed by atoms with E-state index in [1.54, 1.807) is 6.26 Å². The molecule has 31 heavy (non-hydrogen) atoms. The molecule has 2 aromatic carbocycles. The average Bonchev–Trinajstić information content (AvgIpc) is 3.23. The third kappa shape index (κ3) is 4.71. The van der Waals surface area contributed by atoms with Gasteiger partial charge < -0.3 is 19.5 Å². The lowest BCUT2D eigenvalue weighted by atomic mass is 9.83. The molecule has 2 unspecified atom stereocenters. The van der Waals surface area contributed by atoms with Crippen molar-refractivity contribution < 1.29 is 19.0 Å². The summed E-state index contributed by atoms with van der Waals surface area (Å²) < 4.78 is 17.7. The van der Waals surface area contributed by atoms with Crippen molar-refractivity contribution in [3.05, 3.63) is 71.2 Å². The molecular formula is C26H31NO4. The van der Waals surface area contributed by atoms with Crippen LogP contribution in [-0.2, 0) is 27.1 Å². The number of hydrogen-bond acceptors (Lipinski definition) is 5. The number of aryl methyl sites for hydroxylation is 1. The molecule has 0 amide bonds. The zero-order valence-corrected chi connectivity index (χ0v) is 18.7. The Morgan fingerprint density at radius 3 is 2.74 bits per heavy atom. The van der Waals surface area contributed by atoms with E-state index < -0.39 is 11.7 Å². The lowest BCUT2D eigenvalue weighted by molar-refractivity contribution is -0.143. The van der Waals surface area contributed by atoms with Crippen LogP contribution in [0.15, 0.2) is 54.5 Å². The SMILES string of the molecule is CCNc1ccccc1C1OC=C(C2CCc3cc(OC(=O)C(C)(C)C)ccc3C2)O1. The van der Waals surface area contributed by atoms with Crippen molar-refractivity contribution in [2.45, 2.75) is 53.2 Å². The third-order valence-electron chi connectivity index (χ3n) is 5.76. The Labute approximate surface area is 184 Å². The standard InChI is InChI=1S/C26H31NO4/c1-5-27-22-9-7-6-8-21(22)24-29-16-23(31-24)19-11-10-18-15-20(13-12-17(18)14-19)30-25(28)26(2,3)4/h6-9,12-13,15-16,19,24,27H,5,10-11,14H2,1-4H3. The Hall–Kier alpha value is -2.95. The quantitative estimate of drug-likeness (QED) is 0.491. The number of anilines is 1. The van der Waals surface area contributed by atoms with Gasteiger partial charge in [-0.2, -0.15) is 0 Å². The first-order chi connectivity index (χ1) is 14.8. The number of benzene rings is 2. The lowest BCUT2D eigenvalue weighted by Crippen LogP contribution is -2.25. The second-order valence-corrected chi connectivity index (χ2v) is 9.23. The van der Waals surface area contributed by atoms with E-state index in [1.165, 1.54) is 11.1 Å². The van der Waals surface area contributed by atoms with Gasteiger partial charge in [0.25, 0.3) is 6.29 Å². The summed E-state index contributed by atoms with van der Waals surface area (Å²) in [5.41, 5.74) is 4.04. The van der Waals surface area contributed by atoms with Gasteiger partial charge in [0.05, 0.1) is 11.0 Å². The van der Waals surface area contributed by atoms with Crippen molar-refractivity contribution in [2.24, 2.45) is 11.3 Å². The molecule has 2 aromatic rings. The van der Waals surface area contributed by atoms with Crippen molar-refractivity contribution in [1.82, 2.24) is 0 Å². The van der Waals surface area contributed by atoms with Gasteiger partial charge in [0.15, 0.2) is 0 Å². The average molecular weight is 422 g/mol. The molecule has 0 saturated carbocycles. The van der Waals surface area contributed by atoms with Crippen LogP contribution in [0.5, 0.6) is 5.75 Å². The number of rotatable bonds is 5. The maximum atomic E-state index is 12.2. The molecule has 164 valence electrons. The molecule has 1 aliphatic carbocycles. The Kier molecular flexibility index (Phi) is 5.94. The normalized spacial score (nSPS) is 20.2. The fourth-order valence-electron chi connectivity index (χ4n) is 3.99. The van der Waals surface area contributed by atoms with Crippen molar-refractivity contribution in [3.63, 3.8) is 0 Å². The molecule has 5 nitrogen and oxygen atoms in total. The summed E-state index contributed by atoms with van der Waals surface area (Å²) in [4.78, 5) is 12.2. The number of para-hydroxylation sites is 1. The number of fused-ring (bicyclic) bond motifs is 1. The van der Waals surface area contributed by atoms with E-state index in [2.05, 4.69) is 18.3 Å². The minimum absolute atomic E-state index is 0.216. The van der Waals surface area contributed by atoms with E-state index in [4.69, 9.17) is 14.2 Å². The molecule has 1 heterocycles. The predicted octanol–water partition coefficient (Wildman–Crippen LogP) is 5.76. The number of carbonyl (C=O) groups excluding carboxylic acids is 1. The van der Waals surface area contributed by atoms with Crippen molar-refractivity contribution in [2.75, 3.05) is 11.9 Å². The van der Waals surface area contributed by atoms with Crippen molar-refractivity contribution >= 4 is 11.7 Å². The molecule has 0 fully saturated rings. The van der Waals surface area contributed by atoms with Crippen molar-refractivity contribution in [3.8, 4) is 5.75 Å².